The van der Waals surface area contributed by atoms with Gasteiger partial charge in [0.15, 0.2) is 0 Å². The van der Waals surface area contributed by atoms with Gasteiger partial charge in [-0.25, -0.2) is 0 Å². The number of hydrogen-bond acceptors (Lipinski definition) is 10. The molecule has 2 rings (SSSR count). The van der Waals surface area contributed by atoms with Gasteiger partial charge in [0, 0.05) is 25.8 Å². The molecule has 0 saturated heterocycles. The fourth-order valence-electron chi connectivity index (χ4n) is 7.89. The van der Waals surface area contributed by atoms with E-state index in [1.807, 2.05) is 50.2 Å². The van der Waals surface area contributed by atoms with Gasteiger partial charge >= 0.3 is 60.8 Å². The summed E-state index contributed by atoms with van der Waals surface area (Å²) in [5.74, 6) is -2.29. The topological polar surface area (TPSA) is 151 Å². The molecule has 4 atom stereocenters. The van der Waals surface area contributed by atoms with Crippen molar-refractivity contribution in [2.45, 2.75) is 245 Å². The summed E-state index contributed by atoms with van der Waals surface area (Å²) in [7, 11) is 0. The summed E-state index contributed by atoms with van der Waals surface area (Å²) >= 11 is 0. The second kappa shape index (κ2) is 44.3. The molecule has 0 saturated carbocycles. The molecular formula is C54H86BaO10. The number of carbonyl (C=O) groups is 4. The van der Waals surface area contributed by atoms with Gasteiger partial charge in [-0.15, -0.1) is 0 Å². The maximum Gasteiger partial charge on any atom is 2.00 e. The van der Waals surface area contributed by atoms with E-state index in [0.29, 0.717) is 26.1 Å². The molecule has 65 heavy (non-hydrogen) atoms. The Hall–Kier alpha value is -2.19. The summed E-state index contributed by atoms with van der Waals surface area (Å²) in [5, 5.41) is 21.0. The number of benzene rings is 2. The minimum atomic E-state index is -0.951. The number of rotatable bonds is 40. The van der Waals surface area contributed by atoms with E-state index >= 15 is 0 Å². The van der Waals surface area contributed by atoms with Crippen LogP contribution in [0.2, 0.25) is 0 Å². The molecule has 0 amide bonds. The Morgan fingerprint density at radius 1 is 0.415 bits per heavy atom. The molecule has 0 aromatic heterocycles. The van der Waals surface area contributed by atoms with Crippen LogP contribution in [0.15, 0.2) is 60.7 Å². The third kappa shape index (κ3) is 42.9. The molecular weight excluding hydrogens is 946 g/mol. The number of carboxylic acid groups (broad SMARTS) is 2. The van der Waals surface area contributed by atoms with Crippen LogP contribution in [-0.4, -0.2) is 97.2 Å². The summed E-state index contributed by atoms with van der Waals surface area (Å²) in [6, 6.07) is 20.6. The van der Waals surface area contributed by atoms with E-state index in [9.17, 15) is 29.4 Å². The summed E-state index contributed by atoms with van der Waals surface area (Å²) in [6.45, 7) is 8.14. The second-order valence-corrected chi connectivity index (χ2v) is 17.7. The summed E-state index contributed by atoms with van der Waals surface area (Å²) in [4.78, 5) is 42.9. The standard InChI is InChI=1S/2C27H44O5.Ba/c2*1-23(32-24(2)28)16-10-5-3-4-6-13-19-26(20-14-7-8-15-21-27(29)30)31-22-25-17-11-9-12-18-25;/h2*9,11-12,17-18,23,26H,3-8,10,13-16,19-22H2,1-2H3,(H,29,30);/q;;+2/p-2. The summed E-state index contributed by atoms with van der Waals surface area (Å²) in [6.07, 6.45) is 28.8. The molecule has 0 aliphatic heterocycles. The molecule has 0 radical (unpaired) electrons. The van der Waals surface area contributed by atoms with Gasteiger partial charge in [-0.1, -0.05) is 163 Å². The van der Waals surface area contributed by atoms with E-state index in [-0.39, 0.29) is 98.1 Å². The predicted octanol–water partition coefficient (Wildman–Crippen LogP) is 11.1. The molecule has 0 spiro atoms. The van der Waals surface area contributed by atoms with E-state index in [1.165, 1.54) is 89.2 Å². The zero-order valence-electron chi connectivity index (χ0n) is 41.1. The van der Waals surface area contributed by atoms with Gasteiger partial charge in [0.05, 0.1) is 37.6 Å². The van der Waals surface area contributed by atoms with Crippen molar-refractivity contribution in [3.8, 4) is 0 Å². The normalized spacial score (nSPS) is 12.7. The first-order valence-electron chi connectivity index (χ1n) is 25.0. The number of carboxylic acids is 2. The van der Waals surface area contributed by atoms with Crippen molar-refractivity contribution in [3.05, 3.63) is 71.8 Å². The van der Waals surface area contributed by atoms with Crippen molar-refractivity contribution < 1.29 is 48.3 Å². The molecule has 0 bridgehead atoms. The first-order valence-corrected chi connectivity index (χ1v) is 25.0. The Labute approximate surface area is 434 Å². The Morgan fingerprint density at radius 2 is 0.677 bits per heavy atom. The SMILES string of the molecule is CC(=O)OC(C)CCCCCCCCC(CCCCCCC(=O)[O-])OCc1ccccc1.CC(=O)OC(C)CCCCCCCCC(CCCCCCC(=O)[O-])OCc1ccccc1.[Ba+2]. The number of ether oxygens (including phenoxy) is 4. The monoisotopic (exact) mass is 1030 g/mol. The minimum Gasteiger partial charge on any atom is -0.550 e. The maximum absolute atomic E-state index is 10.9. The molecule has 0 N–H and O–H groups in total. The van der Waals surface area contributed by atoms with Crippen LogP contribution < -0.4 is 10.2 Å². The Morgan fingerprint density at radius 3 is 0.954 bits per heavy atom. The van der Waals surface area contributed by atoms with Crippen LogP contribution in [0.25, 0.3) is 0 Å². The van der Waals surface area contributed by atoms with Gasteiger partial charge in [0.25, 0.3) is 0 Å². The van der Waals surface area contributed by atoms with Crippen molar-refractivity contribution in [1.82, 2.24) is 0 Å². The molecule has 2 aromatic carbocycles. The first kappa shape index (κ1) is 62.8. The number of carbonyl (C=O) groups excluding carboxylic acids is 4. The zero-order chi connectivity index (χ0) is 46.9. The molecule has 0 fully saturated rings. The smallest absolute Gasteiger partial charge is 0.550 e. The maximum atomic E-state index is 10.9. The molecule has 364 valence electrons. The van der Waals surface area contributed by atoms with Crippen molar-refractivity contribution in [2.24, 2.45) is 0 Å². The van der Waals surface area contributed by atoms with Gasteiger partial charge in [-0.3, -0.25) is 9.59 Å². The van der Waals surface area contributed by atoms with Gasteiger partial charge in [-0.2, -0.15) is 0 Å². The summed E-state index contributed by atoms with van der Waals surface area (Å²) < 4.78 is 22.8. The predicted molar refractivity (Wildman–Crippen MR) is 258 cm³/mol. The van der Waals surface area contributed by atoms with Crippen LogP contribution in [0.4, 0.5) is 0 Å². The first-order chi connectivity index (χ1) is 30.9. The van der Waals surface area contributed by atoms with Crippen LogP contribution in [0.1, 0.15) is 219 Å². The van der Waals surface area contributed by atoms with E-state index in [4.69, 9.17) is 18.9 Å². The van der Waals surface area contributed by atoms with Crippen LogP contribution in [0.3, 0.4) is 0 Å². The van der Waals surface area contributed by atoms with Crippen molar-refractivity contribution >= 4 is 72.8 Å². The third-order valence-electron chi connectivity index (χ3n) is 11.5. The molecule has 0 aliphatic rings. The Balaban J connectivity index is 0.00000124. The van der Waals surface area contributed by atoms with E-state index in [2.05, 4.69) is 24.3 Å². The van der Waals surface area contributed by atoms with Crippen LogP contribution in [-0.2, 0) is 51.3 Å². The van der Waals surface area contributed by atoms with E-state index < -0.39 is 11.9 Å². The van der Waals surface area contributed by atoms with E-state index in [1.54, 1.807) is 0 Å². The number of unbranched alkanes of at least 4 members (excludes halogenated alkanes) is 16. The van der Waals surface area contributed by atoms with Gasteiger partial charge in [0.1, 0.15) is 0 Å². The van der Waals surface area contributed by atoms with Crippen molar-refractivity contribution in [1.29, 1.82) is 0 Å². The van der Waals surface area contributed by atoms with Crippen LogP contribution in [0.5, 0.6) is 0 Å². The van der Waals surface area contributed by atoms with Gasteiger partial charge in [-0.05, 0) is 102 Å². The van der Waals surface area contributed by atoms with Gasteiger partial charge in [0.2, 0.25) is 0 Å². The number of hydrogen-bond donors (Lipinski definition) is 0. The zero-order valence-corrected chi connectivity index (χ0v) is 45.5. The van der Waals surface area contributed by atoms with Crippen LogP contribution in [0, 0.1) is 0 Å². The molecule has 10 nitrogen and oxygen atoms in total. The number of aliphatic carboxylic acids is 2. The Bertz CT molecular complexity index is 1320. The largest absolute Gasteiger partial charge is 2.00 e. The molecule has 0 aliphatic carbocycles. The minimum absolute atomic E-state index is 0. The quantitative estimate of drug-likeness (QED) is 0.0358. The Kier molecular flexibility index (Phi) is 42.8. The van der Waals surface area contributed by atoms with Gasteiger partial charge < -0.3 is 38.7 Å². The number of esters is 2. The van der Waals surface area contributed by atoms with Crippen molar-refractivity contribution in [3.63, 3.8) is 0 Å². The van der Waals surface area contributed by atoms with Crippen molar-refractivity contribution in [2.75, 3.05) is 0 Å². The third-order valence-corrected chi connectivity index (χ3v) is 11.5. The average molecular weight is 1030 g/mol. The average Bonchev–Trinajstić information content (AvgIpc) is 3.25. The van der Waals surface area contributed by atoms with E-state index in [0.717, 1.165) is 89.9 Å². The second-order valence-electron chi connectivity index (χ2n) is 17.7. The fraction of sp³-hybridized carbons (Fsp3) is 0.704. The molecule has 4 unspecified atom stereocenters. The van der Waals surface area contributed by atoms with Crippen LogP contribution >= 0.6 is 0 Å². The summed E-state index contributed by atoms with van der Waals surface area (Å²) in [5.41, 5.74) is 2.41. The fourth-order valence-corrected chi connectivity index (χ4v) is 7.89. The molecule has 0 heterocycles. The molecule has 11 heteroatoms. The molecule has 2 aromatic rings.